The molecule has 0 saturated carbocycles. The van der Waals surface area contributed by atoms with Crippen LogP contribution in [-0.2, 0) is 4.74 Å². The van der Waals surface area contributed by atoms with E-state index in [1.807, 2.05) is 24.5 Å². The molecular weight excluding hydrogens is 382 g/mol. The third-order valence-corrected chi connectivity index (χ3v) is 7.55. The molecule has 5 nitrogen and oxygen atoms in total. The van der Waals surface area contributed by atoms with Gasteiger partial charge in [-0.25, -0.2) is 0 Å². The van der Waals surface area contributed by atoms with Crippen molar-refractivity contribution in [3.63, 3.8) is 0 Å². The molecule has 2 aliphatic heterocycles. The standard InChI is InChI=1S/C23H33N3O2S/c1-16-13-24(14-17(2)28-16)15-20-7-11-25(12-8-20)22(27)21-18(3)19(4)29-23(21)26-9-5-6-10-26/h5-6,9-10,16-17,20H,7-8,11-15H2,1-4H3. The minimum absolute atomic E-state index is 0.197. The first-order valence-corrected chi connectivity index (χ1v) is 11.6. The number of carbonyl (C=O) groups excluding carboxylic acids is 1. The fourth-order valence-corrected chi connectivity index (χ4v) is 5.90. The van der Waals surface area contributed by atoms with Crippen molar-refractivity contribution in [1.29, 1.82) is 0 Å². The van der Waals surface area contributed by atoms with Gasteiger partial charge in [-0.15, -0.1) is 11.3 Å². The molecule has 0 aromatic carbocycles. The van der Waals surface area contributed by atoms with E-state index in [0.717, 1.165) is 61.7 Å². The fourth-order valence-electron chi connectivity index (χ4n) is 4.79. The lowest BCUT2D eigenvalue weighted by molar-refractivity contribution is -0.0728. The third kappa shape index (κ3) is 4.44. The smallest absolute Gasteiger partial charge is 0.257 e. The van der Waals surface area contributed by atoms with Gasteiger partial charge in [-0.3, -0.25) is 9.69 Å². The molecule has 29 heavy (non-hydrogen) atoms. The van der Waals surface area contributed by atoms with Crippen LogP contribution < -0.4 is 0 Å². The SMILES string of the molecule is Cc1sc(-n2cccc2)c(C(=O)N2CCC(CN3CC(C)OC(C)C3)CC2)c1C. The van der Waals surface area contributed by atoms with Crippen LogP contribution in [-0.4, -0.2) is 65.2 Å². The molecule has 0 bridgehead atoms. The average molecular weight is 416 g/mol. The van der Waals surface area contributed by atoms with Crippen LogP contribution in [0.1, 0.15) is 47.5 Å². The Morgan fingerprint density at radius 3 is 2.34 bits per heavy atom. The van der Waals surface area contributed by atoms with Gasteiger partial charge in [-0.2, -0.15) is 0 Å². The summed E-state index contributed by atoms with van der Waals surface area (Å²) in [5.41, 5.74) is 2.01. The molecule has 2 unspecified atom stereocenters. The van der Waals surface area contributed by atoms with Gasteiger partial charge in [0, 0.05) is 50.0 Å². The Morgan fingerprint density at radius 2 is 1.72 bits per heavy atom. The highest BCUT2D eigenvalue weighted by atomic mass is 32.1. The van der Waals surface area contributed by atoms with Crippen LogP contribution in [0.15, 0.2) is 24.5 Å². The monoisotopic (exact) mass is 415 g/mol. The Kier molecular flexibility index (Phi) is 6.13. The van der Waals surface area contributed by atoms with Gasteiger partial charge in [0.1, 0.15) is 5.00 Å². The lowest BCUT2D eigenvalue weighted by Gasteiger charge is -2.39. The zero-order valence-electron chi connectivity index (χ0n) is 18.1. The van der Waals surface area contributed by atoms with E-state index in [1.54, 1.807) is 11.3 Å². The summed E-state index contributed by atoms with van der Waals surface area (Å²) in [5, 5.41) is 1.05. The first kappa shape index (κ1) is 20.6. The molecular formula is C23H33N3O2S. The zero-order chi connectivity index (χ0) is 20.5. The van der Waals surface area contributed by atoms with Crippen LogP contribution in [0.5, 0.6) is 0 Å². The topological polar surface area (TPSA) is 37.7 Å². The fraction of sp³-hybridized carbons (Fsp3) is 0.609. The Labute approximate surface area is 178 Å². The molecule has 2 aromatic heterocycles. The molecule has 0 radical (unpaired) electrons. The molecule has 2 fully saturated rings. The predicted molar refractivity (Wildman–Crippen MR) is 118 cm³/mol. The van der Waals surface area contributed by atoms with Gasteiger partial charge in [-0.1, -0.05) is 0 Å². The minimum Gasteiger partial charge on any atom is -0.373 e. The highest BCUT2D eigenvalue weighted by Crippen LogP contribution is 2.33. The summed E-state index contributed by atoms with van der Waals surface area (Å²) in [4.78, 5) is 19.3. The summed E-state index contributed by atoms with van der Waals surface area (Å²) in [6, 6.07) is 4.02. The van der Waals surface area contributed by atoms with Gasteiger partial charge in [0.05, 0.1) is 17.8 Å². The quantitative estimate of drug-likeness (QED) is 0.754. The summed E-state index contributed by atoms with van der Waals surface area (Å²) >= 11 is 1.71. The number of likely N-dealkylation sites (tertiary alicyclic amines) is 1. The van der Waals surface area contributed by atoms with E-state index in [4.69, 9.17) is 4.74 Å². The third-order valence-electron chi connectivity index (χ3n) is 6.33. The van der Waals surface area contributed by atoms with E-state index < -0.39 is 0 Å². The van der Waals surface area contributed by atoms with Crippen molar-refractivity contribution >= 4 is 17.2 Å². The van der Waals surface area contributed by atoms with Crippen LogP contribution in [0.2, 0.25) is 0 Å². The van der Waals surface area contributed by atoms with E-state index >= 15 is 0 Å². The van der Waals surface area contributed by atoms with Gasteiger partial charge >= 0.3 is 0 Å². The van der Waals surface area contributed by atoms with Crippen LogP contribution >= 0.6 is 11.3 Å². The normalized spacial score (nSPS) is 24.2. The first-order chi connectivity index (χ1) is 13.9. The van der Waals surface area contributed by atoms with E-state index in [-0.39, 0.29) is 5.91 Å². The molecule has 1 amide bonds. The number of morpholine rings is 1. The summed E-state index contributed by atoms with van der Waals surface area (Å²) in [7, 11) is 0. The molecule has 4 heterocycles. The van der Waals surface area contributed by atoms with E-state index in [9.17, 15) is 4.79 Å². The number of hydrogen-bond acceptors (Lipinski definition) is 4. The lowest BCUT2D eigenvalue weighted by atomic mass is 9.95. The summed E-state index contributed by atoms with van der Waals surface area (Å²) < 4.78 is 7.94. The number of carbonyl (C=O) groups is 1. The number of thiophene rings is 1. The van der Waals surface area contributed by atoms with Gasteiger partial charge in [0.15, 0.2) is 0 Å². The van der Waals surface area contributed by atoms with E-state index in [1.165, 1.54) is 4.88 Å². The number of rotatable bonds is 4. The lowest BCUT2D eigenvalue weighted by Crippen LogP contribution is -2.48. The minimum atomic E-state index is 0.197. The van der Waals surface area contributed by atoms with Gasteiger partial charge in [-0.05, 0) is 64.2 Å². The molecule has 0 N–H and O–H groups in total. The molecule has 4 rings (SSSR count). The van der Waals surface area contributed by atoms with Crippen LogP contribution in [0.4, 0.5) is 0 Å². The van der Waals surface area contributed by atoms with E-state index in [0.29, 0.717) is 18.1 Å². The molecule has 0 aliphatic carbocycles. The Balaban J connectivity index is 1.40. The number of ether oxygens (including phenoxy) is 1. The number of piperidine rings is 1. The maximum atomic E-state index is 13.4. The Hall–Kier alpha value is -1.63. The maximum absolute atomic E-state index is 13.4. The molecule has 158 valence electrons. The number of aromatic nitrogens is 1. The predicted octanol–water partition coefficient (Wildman–Crippen LogP) is 4.12. The summed E-state index contributed by atoms with van der Waals surface area (Å²) in [5.74, 6) is 0.869. The second-order valence-corrected chi connectivity index (χ2v) is 9.97. The second-order valence-electron chi connectivity index (χ2n) is 8.77. The highest BCUT2D eigenvalue weighted by molar-refractivity contribution is 7.15. The van der Waals surface area contributed by atoms with Crippen molar-refractivity contribution in [1.82, 2.24) is 14.4 Å². The molecule has 2 aliphatic rings. The van der Waals surface area contributed by atoms with Crippen molar-refractivity contribution in [2.75, 3.05) is 32.7 Å². The van der Waals surface area contributed by atoms with Crippen LogP contribution in [0, 0.1) is 19.8 Å². The Morgan fingerprint density at radius 1 is 1.10 bits per heavy atom. The molecule has 2 atom stereocenters. The van der Waals surface area contributed by atoms with Crippen LogP contribution in [0.3, 0.4) is 0 Å². The van der Waals surface area contributed by atoms with Gasteiger partial charge in [0.2, 0.25) is 0 Å². The number of nitrogens with zero attached hydrogens (tertiary/aromatic N) is 3. The zero-order valence-corrected chi connectivity index (χ0v) is 18.9. The molecule has 2 saturated heterocycles. The van der Waals surface area contributed by atoms with Crippen molar-refractivity contribution in [2.24, 2.45) is 5.92 Å². The second kappa shape index (κ2) is 8.62. The van der Waals surface area contributed by atoms with Crippen LogP contribution in [0.25, 0.3) is 5.00 Å². The number of aryl methyl sites for hydroxylation is 1. The van der Waals surface area contributed by atoms with Crippen molar-refractivity contribution in [3.05, 3.63) is 40.5 Å². The van der Waals surface area contributed by atoms with Crippen molar-refractivity contribution in [2.45, 2.75) is 52.7 Å². The van der Waals surface area contributed by atoms with E-state index in [2.05, 4.69) is 42.1 Å². The summed E-state index contributed by atoms with van der Waals surface area (Å²) in [6.45, 7) is 13.4. The van der Waals surface area contributed by atoms with Gasteiger partial charge in [0.25, 0.3) is 5.91 Å². The Bertz CT molecular complexity index is 827. The van der Waals surface area contributed by atoms with Gasteiger partial charge < -0.3 is 14.2 Å². The highest BCUT2D eigenvalue weighted by Gasteiger charge is 2.30. The first-order valence-electron chi connectivity index (χ1n) is 10.8. The maximum Gasteiger partial charge on any atom is 0.257 e. The largest absolute Gasteiger partial charge is 0.373 e. The molecule has 6 heteroatoms. The summed E-state index contributed by atoms with van der Waals surface area (Å²) in [6.07, 6.45) is 6.87. The number of amides is 1. The average Bonchev–Trinajstić information content (AvgIpc) is 3.30. The van der Waals surface area contributed by atoms with Crippen molar-refractivity contribution < 1.29 is 9.53 Å². The number of hydrogen-bond donors (Lipinski definition) is 0. The molecule has 2 aromatic rings. The van der Waals surface area contributed by atoms with Crippen molar-refractivity contribution in [3.8, 4) is 5.00 Å². The molecule has 0 spiro atoms.